The molecule has 0 fully saturated rings. The number of aliphatic imine (C=N–C) groups is 1. The summed E-state index contributed by atoms with van der Waals surface area (Å²) in [6.45, 7) is 0.183. The van der Waals surface area contributed by atoms with Crippen molar-refractivity contribution < 1.29 is 0 Å². The van der Waals surface area contributed by atoms with Crippen LogP contribution in [0.15, 0.2) is 58.5 Å². The molecule has 8 heteroatoms. The highest BCUT2D eigenvalue weighted by Gasteiger charge is 2.21. The van der Waals surface area contributed by atoms with Crippen molar-refractivity contribution in [2.45, 2.75) is 6.54 Å². The number of nitrogens with one attached hydrogen (secondary N) is 1. The van der Waals surface area contributed by atoms with Gasteiger partial charge >= 0.3 is 0 Å². The molecule has 148 valence electrons. The highest BCUT2D eigenvalue weighted by molar-refractivity contribution is 7.21. The van der Waals surface area contributed by atoms with Crippen LogP contribution in [0.3, 0.4) is 0 Å². The number of thiophene rings is 1. The zero-order chi connectivity index (χ0) is 21.3. The number of allylic oxidation sites excluding steroid dienone is 1. The molecule has 7 nitrogen and oxygen atoms in total. The molecule has 2 aromatic carbocycles. The third kappa shape index (κ3) is 3.06. The van der Waals surface area contributed by atoms with E-state index in [4.69, 9.17) is 11.5 Å². The number of benzene rings is 2. The van der Waals surface area contributed by atoms with E-state index in [0.717, 1.165) is 20.5 Å². The maximum Gasteiger partial charge on any atom is 0.272 e. The fraction of sp³-hybridized carbons (Fsp3) is 0.0909. The maximum absolute atomic E-state index is 12.1. The van der Waals surface area contributed by atoms with Crippen molar-refractivity contribution in [3.63, 3.8) is 0 Å². The van der Waals surface area contributed by atoms with Crippen LogP contribution in [-0.4, -0.2) is 23.0 Å². The van der Waals surface area contributed by atoms with Crippen LogP contribution in [0.4, 0.5) is 0 Å². The van der Waals surface area contributed by atoms with Gasteiger partial charge in [-0.15, -0.1) is 11.3 Å². The summed E-state index contributed by atoms with van der Waals surface area (Å²) < 4.78 is 1.00. The number of aromatic amines is 1. The first-order valence-electron chi connectivity index (χ1n) is 9.15. The lowest BCUT2D eigenvalue weighted by molar-refractivity contribution is 0.900. The minimum Gasteiger partial charge on any atom is -0.404 e. The Labute approximate surface area is 176 Å². The van der Waals surface area contributed by atoms with Crippen LogP contribution in [0.2, 0.25) is 0 Å². The molecule has 0 aliphatic heterocycles. The van der Waals surface area contributed by atoms with Gasteiger partial charge in [-0.2, -0.15) is 10.4 Å². The van der Waals surface area contributed by atoms with Crippen LogP contribution in [0.1, 0.15) is 21.7 Å². The third-order valence-corrected chi connectivity index (χ3v) is 6.12. The molecule has 0 spiro atoms. The maximum atomic E-state index is 12.1. The molecule has 0 aliphatic rings. The second-order valence-corrected chi connectivity index (χ2v) is 7.58. The number of fused-ring (bicyclic) bond motifs is 2. The van der Waals surface area contributed by atoms with Crippen molar-refractivity contribution in [1.29, 1.82) is 5.26 Å². The molecule has 0 radical (unpaired) electrons. The van der Waals surface area contributed by atoms with Crippen molar-refractivity contribution in [3.8, 4) is 6.07 Å². The van der Waals surface area contributed by atoms with Crippen LogP contribution >= 0.6 is 11.3 Å². The zero-order valence-electron chi connectivity index (χ0n) is 16.1. The number of nitrogens with two attached hydrogens (primary N) is 2. The lowest BCUT2D eigenvalue weighted by Gasteiger charge is -2.12. The lowest BCUT2D eigenvalue weighted by Crippen LogP contribution is -2.14. The van der Waals surface area contributed by atoms with Crippen molar-refractivity contribution >= 4 is 43.5 Å². The Morgan fingerprint density at radius 1 is 1.27 bits per heavy atom. The minimum atomic E-state index is -0.285. The van der Waals surface area contributed by atoms with Crippen molar-refractivity contribution in [2.75, 3.05) is 7.05 Å². The van der Waals surface area contributed by atoms with E-state index in [9.17, 15) is 10.1 Å². The predicted octanol–water partition coefficient (Wildman–Crippen LogP) is 2.89. The molecule has 2 heterocycles. The van der Waals surface area contributed by atoms with Crippen LogP contribution in [0.5, 0.6) is 0 Å². The second-order valence-electron chi connectivity index (χ2n) is 6.53. The van der Waals surface area contributed by atoms with Gasteiger partial charge in [-0.1, -0.05) is 24.3 Å². The Bertz CT molecular complexity index is 1440. The Kier molecular flexibility index (Phi) is 5.14. The summed E-state index contributed by atoms with van der Waals surface area (Å²) in [6, 6.07) is 15.4. The fourth-order valence-corrected chi connectivity index (χ4v) is 4.72. The fourth-order valence-electron chi connectivity index (χ4n) is 3.52. The molecule has 0 saturated carbocycles. The molecule has 4 aromatic rings. The number of hydrogen-bond acceptors (Lipinski definition) is 7. The molecular formula is C22H18N6OS. The summed E-state index contributed by atoms with van der Waals surface area (Å²) in [5.74, 6) is 0. The first-order valence-corrected chi connectivity index (χ1v) is 9.97. The van der Waals surface area contributed by atoms with Crippen molar-refractivity contribution in [3.05, 3.63) is 80.7 Å². The molecule has 0 aliphatic carbocycles. The van der Waals surface area contributed by atoms with Crippen LogP contribution < -0.4 is 17.0 Å². The summed E-state index contributed by atoms with van der Waals surface area (Å²) in [4.78, 5) is 17.4. The molecular weight excluding hydrogens is 396 g/mol. The van der Waals surface area contributed by atoms with E-state index in [-0.39, 0.29) is 12.1 Å². The van der Waals surface area contributed by atoms with E-state index in [0.29, 0.717) is 33.3 Å². The van der Waals surface area contributed by atoms with E-state index in [1.165, 1.54) is 17.5 Å². The predicted molar refractivity (Wildman–Crippen MR) is 121 cm³/mol. The van der Waals surface area contributed by atoms with E-state index < -0.39 is 0 Å². The van der Waals surface area contributed by atoms with Gasteiger partial charge in [-0.05, 0) is 23.8 Å². The number of nitrogens with zero attached hydrogens (tertiary/aromatic N) is 3. The molecule has 0 saturated heterocycles. The molecule has 0 atom stereocenters. The monoisotopic (exact) mass is 414 g/mol. The molecule has 0 unspecified atom stereocenters. The van der Waals surface area contributed by atoms with Gasteiger partial charge in [0.2, 0.25) is 0 Å². The van der Waals surface area contributed by atoms with Gasteiger partial charge in [0.15, 0.2) is 0 Å². The van der Waals surface area contributed by atoms with Crippen molar-refractivity contribution in [2.24, 2.45) is 16.5 Å². The summed E-state index contributed by atoms with van der Waals surface area (Å²) in [5.41, 5.74) is 14.7. The van der Waals surface area contributed by atoms with E-state index >= 15 is 0 Å². The third-order valence-electron chi connectivity index (χ3n) is 4.94. The quantitative estimate of drug-likeness (QED) is 0.441. The highest BCUT2D eigenvalue weighted by Crippen LogP contribution is 2.35. The average molecular weight is 414 g/mol. The molecule has 5 N–H and O–H groups in total. The Morgan fingerprint density at radius 2 is 2.07 bits per heavy atom. The summed E-state index contributed by atoms with van der Waals surface area (Å²) in [7, 11) is 1.67. The topological polar surface area (TPSA) is 134 Å². The standard InChI is InChI=1S/C22H18N6OS/c1-26-20(21-17(10-24)13-4-2-3-5-19(13)30-21)16(9-23)12-6-7-14-15(8-12)18(11-25)27-28-22(14)29/h2-9H,11,23,25H2,1H3,(H,28,29)/b16-9-,26-20?. The molecule has 2 aromatic heterocycles. The van der Waals surface area contributed by atoms with Gasteiger partial charge < -0.3 is 11.5 Å². The summed E-state index contributed by atoms with van der Waals surface area (Å²) in [6.07, 6.45) is 1.47. The smallest absolute Gasteiger partial charge is 0.272 e. The molecule has 0 amide bonds. The Hall–Kier alpha value is -3.80. The number of rotatable bonds is 4. The number of hydrogen-bond donors (Lipinski definition) is 3. The summed E-state index contributed by atoms with van der Waals surface area (Å²) in [5, 5.41) is 18.4. The molecule has 30 heavy (non-hydrogen) atoms. The van der Waals surface area contributed by atoms with Crippen LogP contribution in [0, 0.1) is 11.3 Å². The number of H-pyrrole nitrogens is 1. The van der Waals surface area contributed by atoms with E-state index in [1.807, 2.05) is 30.3 Å². The van der Waals surface area contributed by atoms with E-state index in [2.05, 4.69) is 21.3 Å². The van der Waals surface area contributed by atoms with E-state index in [1.54, 1.807) is 19.2 Å². The second kappa shape index (κ2) is 7.91. The largest absolute Gasteiger partial charge is 0.404 e. The average Bonchev–Trinajstić information content (AvgIpc) is 3.15. The number of aromatic nitrogens is 2. The SMILES string of the molecule is CN=C(/C(=C\N)c1ccc2c(=O)[nH]nc(CN)c2c1)c1sc2ccccc2c1C#N. The van der Waals surface area contributed by atoms with Crippen LogP contribution in [0.25, 0.3) is 26.4 Å². The molecule has 0 bridgehead atoms. The normalized spacial score (nSPS) is 12.4. The van der Waals surface area contributed by atoms with Gasteiger partial charge in [0.05, 0.1) is 27.2 Å². The highest BCUT2D eigenvalue weighted by atomic mass is 32.1. The van der Waals surface area contributed by atoms with Gasteiger partial charge in [-0.25, -0.2) is 5.10 Å². The van der Waals surface area contributed by atoms with Gasteiger partial charge in [0, 0.05) is 40.8 Å². The Balaban J connectivity index is 1.93. The van der Waals surface area contributed by atoms with Crippen molar-refractivity contribution in [1.82, 2.24) is 10.2 Å². The van der Waals surface area contributed by atoms with Gasteiger partial charge in [0.25, 0.3) is 5.56 Å². The summed E-state index contributed by atoms with van der Waals surface area (Å²) >= 11 is 1.50. The number of nitriles is 1. The minimum absolute atomic E-state index is 0.183. The Morgan fingerprint density at radius 3 is 2.77 bits per heavy atom. The van der Waals surface area contributed by atoms with Gasteiger partial charge in [-0.3, -0.25) is 9.79 Å². The van der Waals surface area contributed by atoms with Crippen LogP contribution in [-0.2, 0) is 6.54 Å². The zero-order valence-corrected chi connectivity index (χ0v) is 17.0. The lowest BCUT2D eigenvalue weighted by atomic mass is 9.96. The first kappa shape index (κ1) is 19.5. The molecule has 4 rings (SSSR count). The first-order chi connectivity index (χ1) is 14.6. The van der Waals surface area contributed by atoms with Gasteiger partial charge in [0.1, 0.15) is 6.07 Å².